The molecule has 2 aliphatic rings. The molecule has 0 atom stereocenters. The van der Waals surface area contributed by atoms with Crippen molar-refractivity contribution in [3.63, 3.8) is 0 Å². The summed E-state index contributed by atoms with van der Waals surface area (Å²) < 4.78 is 23.6. The molecule has 2 aromatic rings. The summed E-state index contributed by atoms with van der Waals surface area (Å²) in [5.41, 5.74) is 1.47. The number of aromatic nitrogens is 2. The first kappa shape index (κ1) is 26.9. The number of anilines is 1. The average Bonchev–Trinajstić information content (AvgIpc) is 3.19. The molecule has 0 spiro atoms. The number of carbonyl (C=O) groups excluding carboxylic acids is 2. The Morgan fingerprint density at radius 1 is 1.00 bits per heavy atom. The van der Waals surface area contributed by atoms with E-state index in [0.29, 0.717) is 51.6 Å². The normalized spacial score (nSPS) is 16.9. The molecule has 0 radical (unpaired) electrons. The van der Waals surface area contributed by atoms with Crippen LogP contribution in [0.4, 0.5) is 10.2 Å². The Morgan fingerprint density at radius 2 is 1.78 bits per heavy atom. The number of hydrogen-bond acceptors (Lipinski definition) is 8. The lowest BCUT2D eigenvalue weighted by molar-refractivity contribution is -0.142. The summed E-state index contributed by atoms with van der Waals surface area (Å²) in [5, 5.41) is 8.68. The third-order valence-electron chi connectivity index (χ3n) is 6.70. The predicted molar refractivity (Wildman–Crippen MR) is 137 cm³/mol. The molecule has 10 nitrogen and oxygen atoms in total. The Labute approximate surface area is 216 Å². The van der Waals surface area contributed by atoms with Crippen LogP contribution in [0.15, 0.2) is 36.4 Å². The van der Waals surface area contributed by atoms with Crippen LogP contribution in [0.2, 0.25) is 0 Å². The minimum atomic E-state index is -0.291. The number of rotatable bonds is 9. The quantitative estimate of drug-likeness (QED) is 0.492. The molecule has 11 heteroatoms. The van der Waals surface area contributed by atoms with Gasteiger partial charge in [-0.15, -0.1) is 10.2 Å². The van der Waals surface area contributed by atoms with Gasteiger partial charge in [-0.3, -0.25) is 14.5 Å². The molecule has 2 aliphatic heterocycles. The highest BCUT2D eigenvalue weighted by atomic mass is 19.1. The van der Waals surface area contributed by atoms with E-state index in [9.17, 15) is 14.0 Å². The van der Waals surface area contributed by atoms with E-state index in [-0.39, 0.29) is 30.8 Å². The van der Waals surface area contributed by atoms with Gasteiger partial charge in [-0.2, -0.15) is 0 Å². The number of carbonyl (C=O) groups is 2. The number of amides is 2. The summed E-state index contributed by atoms with van der Waals surface area (Å²) in [6, 6.07) is 9.93. The summed E-state index contributed by atoms with van der Waals surface area (Å²) >= 11 is 0. The second-order valence-electron chi connectivity index (χ2n) is 9.21. The zero-order chi connectivity index (χ0) is 26.0. The number of hydrogen-bond donors (Lipinski definition) is 0. The number of morpholine rings is 1. The van der Waals surface area contributed by atoms with Gasteiger partial charge < -0.3 is 24.2 Å². The summed E-state index contributed by atoms with van der Waals surface area (Å²) in [6.45, 7) is 6.73. The fourth-order valence-electron chi connectivity index (χ4n) is 4.52. The third-order valence-corrected chi connectivity index (χ3v) is 6.70. The molecule has 4 rings (SSSR count). The molecule has 0 N–H and O–H groups in total. The highest BCUT2D eigenvalue weighted by Crippen LogP contribution is 2.20. The molecule has 200 valence electrons. The van der Waals surface area contributed by atoms with Gasteiger partial charge in [0.2, 0.25) is 11.8 Å². The monoisotopic (exact) mass is 514 g/mol. The molecule has 0 bridgehead atoms. The highest BCUT2D eigenvalue weighted by Gasteiger charge is 2.25. The number of benzene rings is 1. The summed E-state index contributed by atoms with van der Waals surface area (Å²) in [4.78, 5) is 33.6. The lowest BCUT2D eigenvalue weighted by Crippen LogP contribution is -2.48. The predicted octanol–water partition coefficient (Wildman–Crippen LogP) is 1.13. The lowest BCUT2D eigenvalue weighted by atomic mass is 10.1. The van der Waals surface area contributed by atoms with Crippen molar-refractivity contribution >= 4 is 17.6 Å². The highest BCUT2D eigenvalue weighted by molar-refractivity contribution is 5.85. The van der Waals surface area contributed by atoms with Crippen LogP contribution in [-0.4, -0.2) is 123 Å². The molecule has 2 amide bonds. The summed E-state index contributed by atoms with van der Waals surface area (Å²) in [6.07, 6.45) is 0.785. The van der Waals surface area contributed by atoms with Crippen LogP contribution in [0.1, 0.15) is 6.42 Å². The molecule has 1 aromatic heterocycles. The van der Waals surface area contributed by atoms with Gasteiger partial charge >= 0.3 is 0 Å². The van der Waals surface area contributed by atoms with Crippen molar-refractivity contribution in [2.24, 2.45) is 0 Å². The van der Waals surface area contributed by atoms with E-state index in [1.54, 1.807) is 17.0 Å². The van der Waals surface area contributed by atoms with Gasteiger partial charge in [0.25, 0.3) is 0 Å². The minimum absolute atomic E-state index is 0.0404. The average molecular weight is 515 g/mol. The topological polar surface area (TPSA) is 91.3 Å². The van der Waals surface area contributed by atoms with E-state index >= 15 is 0 Å². The van der Waals surface area contributed by atoms with Crippen molar-refractivity contribution in [1.29, 1.82) is 0 Å². The smallest absolute Gasteiger partial charge is 0.249 e. The fraction of sp³-hybridized carbons (Fsp3) is 0.538. The molecule has 1 aromatic carbocycles. The molecule has 0 unspecified atom stereocenters. The second-order valence-corrected chi connectivity index (χ2v) is 9.21. The fourth-order valence-corrected chi connectivity index (χ4v) is 4.52. The van der Waals surface area contributed by atoms with Gasteiger partial charge in [0.05, 0.1) is 25.5 Å². The van der Waals surface area contributed by atoms with Crippen molar-refractivity contribution in [1.82, 2.24) is 24.9 Å². The first-order chi connectivity index (χ1) is 18.0. The zero-order valence-electron chi connectivity index (χ0n) is 21.4. The van der Waals surface area contributed by atoms with Crippen molar-refractivity contribution in [2.75, 3.05) is 90.7 Å². The first-order valence-electron chi connectivity index (χ1n) is 12.7. The first-order valence-corrected chi connectivity index (χ1v) is 12.7. The van der Waals surface area contributed by atoms with Gasteiger partial charge in [-0.05, 0) is 42.8 Å². The zero-order valence-corrected chi connectivity index (χ0v) is 21.4. The van der Waals surface area contributed by atoms with E-state index in [4.69, 9.17) is 9.47 Å². The molecule has 2 saturated heterocycles. The largest absolute Gasteiger partial charge is 0.379 e. The van der Waals surface area contributed by atoms with Crippen LogP contribution in [0, 0.1) is 5.82 Å². The van der Waals surface area contributed by atoms with Crippen LogP contribution in [0.5, 0.6) is 0 Å². The maximum atomic E-state index is 13.2. The molecule has 2 fully saturated rings. The Bertz CT molecular complexity index is 1020. The van der Waals surface area contributed by atoms with E-state index in [0.717, 1.165) is 37.4 Å². The Morgan fingerprint density at radius 3 is 2.49 bits per heavy atom. The summed E-state index contributed by atoms with van der Waals surface area (Å²) in [5.74, 6) is 0.200. The molecule has 3 heterocycles. The summed E-state index contributed by atoms with van der Waals surface area (Å²) in [7, 11) is 1.48. The SMILES string of the molecule is COCC(=O)N(CCN1CCOCC1)CC(=O)N1CCCN(c2ccc(-c3ccc(F)cc3)nn2)CC1. The third kappa shape index (κ3) is 7.67. The van der Waals surface area contributed by atoms with E-state index in [1.807, 2.05) is 17.0 Å². The lowest BCUT2D eigenvalue weighted by Gasteiger charge is -2.31. The van der Waals surface area contributed by atoms with Crippen molar-refractivity contribution in [2.45, 2.75) is 6.42 Å². The van der Waals surface area contributed by atoms with Crippen LogP contribution >= 0.6 is 0 Å². The van der Waals surface area contributed by atoms with Gasteiger partial charge in [0.1, 0.15) is 12.4 Å². The maximum Gasteiger partial charge on any atom is 0.249 e. The molecular formula is C26H35FN6O4. The van der Waals surface area contributed by atoms with Gasteiger partial charge in [0, 0.05) is 65.0 Å². The van der Waals surface area contributed by atoms with E-state index in [2.05, 4.69) is 20.0 Å². The number of methoxy groups -OCH3 is 1. The van der Waals surface area contributed by atoms with E-state index < -0.39 is 0 Å². The molecular weight excluding hydrogens is 479 g/mol. The van der Waals surface area contributed by atoms with Crippen molar-refractivity contribution < 1.29 is 23.5 Å². The van der Waals surface area contributed by atoms with Gasteiger partial charge in [0.15, 0.2) is 5.82 Å². The Balaban J connectivity index is 1.32. The minimum Gasteiger partial charge on any atom is -0.379 e. The number of nitrogens with zero attached hydrogens (tertiary/aromatic N) is 6. The van der Waals surface area contributed by atoms with Crippen molar-refractivity contribution in [3.8, 4) is 11.3 Å². The van der Waals surface area contributed by atoms with E-state index in [1.165, 1.54) is 19.2 Å². The van der Waals surface area contributed by atoms with Crippen LogP contribution in [-0.2, 0) is 19.1 Å². The van der Waals surface area contributed by atoms with Gasteiger partial charge in [-0.1, -0.05) is 0 Å². The number of halogens is 1. The van der Waals surface area contributed by atoms with Crippen LogP contribution < -0.4 is 4.90 Å². The van der Waals surface area contributed by atoms with Crippen LogP contribution in [0.25, 0.3) is 11.3 Å². The Kier molecular flexibility index (Phi) is 9.75. The number of ether oxygens (including phenoxy) is 2. The molecule has 37 heavy (non-hydrogen) atoms. The van der Waals surface area contributed by atoms with Gasteiger partial charge in [-0.25, -0.2) is 4.39 Å². The van der Waals surface area contributed by atoms with Crippen LogP contribution in [0.3, 0.4) is 0 Å². The van der Waals surface area contributed by atoms with Crippen molar-refractivity contribution in [3.05, 3.63) is 42.2 Å². The molecule has 0 aliphatic carbocycles. The Hall–Kier alpha value is -3.15. The molecule has 0 saturated carbocycles. The standard InChI is InChI=1S/C26H35FN6O4/c1-36-20-26(35)33(12-11-30-15-17-37-18-16-30)19-25(34)32-10-2-9-31(13-14-32)24-8-7-23(28-29-24)21-3-5-22(27)6-4-21/h3-8H,2,9-20H2,1H3. The second kappa shape index (κ2) is 13.4. The maximum absolute atomic E-state index is 13.2.